The van der Waals surface area contributed by atoms with E-state index in [-0.39, 0.29) is 19.4 Å². The van der Waals surface area contributed by atoms with E-state index in [1.807, 2.05) is 0 Å². The van der Waals surface area contributed by atoms with Crippen LogP contribution in [0.4, 0.5) is 22.0 Å². The first kappa shape index (κ1) is 17.6. The maximum atomic E-state index is 13.7. The number of benzene rings is 1. The maximum Gasteiger partial charge on any atom is 0.249 e. The molecule has 1 aliphatic rings. The molecule has 0 saturated carbocycles. The fourth-order valence-electron chi connectivity index (χ4n) is 2.33. The Balaban J connectivity index is 2.55. The van der Waals surface area contributed by atoms with Crippen molar-refractivity contribution in [1.29, 1.82) is 0 Å². The number of nitrogens with zero attached hydrogens (tertiary/aromatic N) is 1. The molecule has 1 aromatic rings. The van der Waals surface area contributed by atoms with Gasteiger partial charge in [-0.05, 0) is 12.8 Å². The third kappa shape index (κ3) is 2.90. The molecule has 0 aromatic heterocycles. The Labute approximate surface area is 127 Å². The predicted octanol–water partition coefficient (Wildman–Crippen LogP) is 1.27. The third-order valence-electron chi connectivity index (χ3n) is 3.55. The average Bonchev–Trinajstić information content (AvgIpc) is 2.51. The molecular formula is C12H11F5N2O3S. The molecule has 23 heavy (non-hydrogen) atoms. The van der Waals surface area contributed by atoms with Gasteiger partial charge in [-0.25, -0.2) is 30.4 Å². The van der Waals surface area contributed by atoms with Crippen LogP contribution in [0.5, 0.6) is 0 Å². The molecule has 128 valence electrons. The van der Waals surface area contributed by atoms with Crippen LogP contribution in [0.25, 0.3) is 0 Å². The molecule has 0 aliphatic carbocycles. The number of rotatable bonds is 3. The van der Waals surface area contributed by atoms with E-state index in [1.54, 1.807) is 0 Å². The van der Waals surface area contributed by atoms with Gasteiger partial charge < -0.3 is 5.73 Å². The second-order valence-electron chi connectivity index (χ2n) is 5.00. The van der Waals surface area contributed by atoms with E-state index in [0.29, 0.717) is 4.31 Å². The van der Waals surface area contributed by atoms with Crippen molar-refractivity contribution < 1.29 is 35.2 Å². The summed E-state index contributed by atoms with van der Waals surface area (Å²) in [6.45, 7) is -0.719. The van der Waals surface area contributed by atoms with Crippen molar-refractivity contribution in [2.45, 2.75) is 17.7 Å². The Morgan fingerprint density at radius 3 is 1.96 bits per heavy atom. The second-order valence-corrected chi connectivity index (χ2v) is 6.88. The molecule has 1 atom stereocenters. The molecule has 1 heterocycles. The number of hydrogen-bond donors (Lipinski definition) is 1. The van der Waals surface area contributed by atoms with Crippen LogP contribution < -0.4 is 5.73 Å². The van der Waals surface area contributed by atoms with E-state index in [9.17, 15) is 35.2 Å². The second kappa shape index (κ2) is 6.04. The molecule has 1 fully saturated rings. The van der Waals surface area contributed by atoms with E-state index >= 15 is 0 Å². The number of piperidine rings is 1. The highest BCUT2D eigenvalue weighted by molar-refractivity contribution is 7.89. The molecule has 1 aromatic carbocycles. The standard InChI is InChI=1S/C12H11F5N2O3S/c13-6-7(14)9(16)11(10(17)8(6)15)23(21,22)19-3-1-2-5(4-19)12(18)20/h5H,1-4H2,(H2,18,20). The van der Waals surface area contributed by atoms with Gasteiger partial charge in [0.2, 0.25) is 21.7 Å². The van der Waals surface area contributed by atoms with Gasteiger partial charge in [0.15, 0.2) is 28.2 Å². The van der Waals surface area contributed by atoms with Gasteiger partial charge in [0.1, 0.15) is 0 Å². The molecule has 1 aliphatic heterocycles. The first-order valence-electron chi connectivity index (χ1n) is 6.40. The Bertz CT molecular complexity index is 739. The van der Waals surface area contributed by atoms with Crippen molar-refractivity contribution in [3.63, 3.8) is 0 Å². The Morgan fingerprint density at radius 2 is 1.48 bits per heavy atom. The highest BCUT2D eigenvalue weighted by Gasteiger charge is 2.39. The van der Waals surface area contributed by atoms with Crippen molar-refractivity contribution in [1.82, 2.24) is 4.31 Å². The fourth-order valence-corrected chi connectivity index (χ4v) is 3.97. The zero-order valence-corrected chi connectivity index (χ0v) is 12.3. The van der Waals surface area contributed by atoms with Crippen LogP contribution >= 0.6 is 0 Å². The zero-order chi connectivity index (χ0) is 17.5. The smallest absolute Gasteiger partial charge is 0.249 e. The van der Waals surface area contributed by atoms with Crippen molar-refractivity contribution >= 4 is 15.9 Å². The highest BCUT2D eigenvalue weighted by Crippen LogP contribution is 2.31. The number of sulfonamides is 1. The topological polar surface area (TPSA) is 80.5 Å². The first-order valence-corrected chi connectivity index (χ1v) is 7.84. The van der Waals surface area contributed by atoms with Crippen molar-refractivity contribution in [2.24, 2.45) is 11.7 Å². The molecule has 1 amide bonds. The number of nitrogens with two attached hydrogens (primary N) is 1. The SMILES string of the molecule is NC(=O)C1CCCN(S(=O)(=O)c2c(F)c(F)c(F)c(F)c2F)C1. The van der Waals surface area contributed by atoms with E-state index in [0.717, 1.165) is 0 Å². The van der Waals surface area contributed by atoms with Crippen LogP contribution in [0.3, 0.4) is 0 Å². The molecule has 5 nitrogen and oxygen atoms in total. The molecule has 0 bridgehead atoms. The van der Waals surface area contributed by atoms with Gasteiger partial charge in [-0.2, -0.15) is 4.31 Å². The number of carbonyl (C=O) groups is 1. The first-order chi connectivity index (χ1) is 10.6. The summed E-state index contributed by atoms with van der Waals surface area (Å²) < 4.78 is 91.7. The third-order valence-corrected chi connectivity index (χ3v) is 5.44. The minimum atomic E-state index is -5.02. The van der Waals surface area contributed by atoms with Crippen LogP contribution in [0.2, 0.25) is 0 Å². The van der Waals surface area contributed by atoms with Crippen LogP contribution in [0, 0.1) is 35.0 Å². The van der Waals surface area contributed by atoms with Crippen LogP contribution in [-0.4, -0.2) is 31.7 Å². The number of hydrogen-bond acceptors (Lipinski definition) is 3. The highest BCUT2D eigenvalue weighted by atomic mass is 32.2. The van der Waals surface area contributed by atoms with Gasteiger partial charge in [-0.15, -0.1) is 0 Å². The molecule has 11 heteroatoms. The maximum absolute atomic E-state index is 13.7. The summed E-state index contributed by atoms with van der Waals surface area (Å²) in [7, 11) is -5.02. The summed E-state index contributed by atoms with van der Waals surface area (Å²) in [5.41, 5.74) is 5.06. The van der Waals surface area contributed by atoms with Crippen molar-refractivity contribution in [2.75, 3.05) is 13.1 Å². The molecule has 1 unspecified atom stereocenters. The fraction of sp³-hybridized carbons (Fsp3) is 0.417. The minimum Gasteiger partial charge on any atom is -0.369 e. The molecule has 2 N–H and O–H groups in total. The van der Waals surface area contributed by atoms with Gasteiger partial charge >= 0.3 is 0 Å². The van der Waals surface area contributed by atoms with E-state index in [2.05, 4.69) is 0 Å². The van der Waals surface area contributed by atoms with Crippen molar-refractivity contribution in [3.8, 4) is 0 Å². The summed E-state index contributed by atoms with van der Waals surface area (Å²) in [6, 6.07) is 0. The van der Waals surface area contributed by atoms with Gasteiger partial charge in [0, 0.05) is 13.1 Å². The van der Waals surface area contributed by atoms with Crippen LogP contribution in [0.15, 0.2) is 4.90 Å². The van der Waals surface area contributed by atoms with E-state index in [4.69, 9.17) is 5.73 Å². The monoisotopic (exact) mass is 358 g/mol. The van der Waals surface area contributed by atoms with Crippen LogP contribution in [-0.2, 0) is 14.8 Å². The normalized spacial score (nSPS) is 19.8. The Kier molecular flexibility index (Phi) is 4.62. The summed E-state index contributed by atoms with van der Waals surface area (Å²) in [5, 5.41) is 0. The summed E-state index contributed by atoms with van der Waals surface area (Å²) >= 11 is 0. The molecule has 1 saturated heterocycles. The van der Waals surface area contributed by atoms with Gasteiger partial charge in [0.05, 0.1) is 5.92 Å². The number of carbonyl (C=O) groups excluding carboxylic acids is 1. The largest absolute Gasteiger partial charge is 0.369 e. The lowest BCUT2D eigenvalue weighted by molar-refractivity contribution is -0.122. The van der Waals surface area contributed by atoms with Gasteiger partial charge in [-0.3, -0.25) is 4.79 Å². The summed E-state index contributed by atoms with van der Waals surface area (Å²) in [6.07, 6.45) is 0.417. The van der Waals surface area contributed by atoms with E-state index in [1.165, 1.54) is 0 Å². The lowest BCUT2D eigenvalue weighted by atomic mass is 9.99. The minimum absolute atomic E-state index is 0.155. The van der Waals surface area contributed by atoms with Crippen molar-refractivity contribution in [3.05, 3.63) is 29.1 Å². The number of halogens is 5. The van der Waals surface area contributed by atoms with Gasteiger partial charge in [-0.1, -0.05) is 0 Å². The summed E-state index contributed by atoms with van der Waals surface area (Å²) in [4.78, 5) is 9.20. The zero-order valence-electron chi connectivity index (χ0n) is 11.5. The Hall–Kier alpha value is -1.75. The van der Waals surface area contributed by atoms with E-state index < -0.39 is 62.4 Å². The quantitative estimate of drug-likeness (QED) is 0.502. The molecule has 0 radical (unpaired) electrons. The lowest BCUT2D eigenvalue weighted by Crippen LogP contribution is -2.44. The average molecular weight is 358 g/mol. The molecular weight excluding hydrogens is 347 g/mol. The Morgan fingerprint density at radius 1 is 1.00 bits per heavy atom. The summed E-state index contributed by atoms with van der Waals surface area (Å²) in [5.74, 6) is -13.8. The number of primary amides is 1. The van der Waals surface area contributed by atoms with Gasteiger partial charge in [0.25, 0.3) is 0 Å². The molecule has 0 spiro atoms. The predicted molar refractivity (Wildman–Crippen MR) is 66.9 cm³/mol. The molecule has 2 rings (SSSR count). The number of amides is 1. The lowest BCUT2D eigenvalue weighted by Gasteiger charge is -2.30. The van der Waals surface area contributed by atoms with Crippen LogP contribution in [0.1, 0.15) is 12.8 Å².